The second-order valence-corrected chi connectivity index (χ2v) is 6.72. The molecule has 0 aliphatic carbocycles. The first kappa shape index (κ1) is 18.4. The van der Waals surface area contributed by atoms with Gasteiger partial charge in [0.2, 0.25) is 0 Å². The van der Waals surface area contributed by atoms with Crippen molar-refractivity contribution in [1.82, 2.24) is 0 Å². The molecular formula is C18H28O5. The van der Waals surface area contributed by atoms with E-state index in [-0.39, 0.29) is 6.10 Å². The summed E-state index contributed by atoms with van der Waals surface area (Å²) in [5.41, 5.74) is 0.329. The van der Waals surface area contributed by atoms with Crippen molar-refractivity contribution in [1.29, 1.82) is 0 Å². The third-order valence-corrected chi connectivity index (χ3v) is 4.08. The van der Waals surface area contributed by atoms with Gasteiger partial charge >= 0.3 is 0 Å². The third kappa shape index (κ3) is 4.99. The van der Waals surface area contributed by atoms with Crippen molar-refractivity contribution < 1.29 is 23.7 Å². The second kappa shape index (κ2) is 7.73. The Hall–Kier alpha value is -0.980. The summed E-state index contributed by atoms with van der Waals surface area (Å²) in [5.74, 6) is 0. The highest BCUT2D eigenvalue weighted by atomic mass is 16.8. The van der Waals surface area contributed by atoms with Crippen LogP contribution in [0.15, 0.2) is 30.3 Å². The summed E-state index contributed by atoms with van der Waals surface area (Å²) < 4.78 is 28.2. The molecule has 130 valence electrons. The van der Waals surface area contributed by atoms with Crippen molar-refractivity contribution >= 4 is 0 Å². The Bertz CT molecular complexity index is 472. The van der Waals surface area contributed by atoms with E-state index in [0.717, 1.165) is 12.0 Å². The van der Waals surface area contributed by atoms with E-state index in [9.17, 15) is 0 Å². The lowest BCUT2D eigenvalue weighted by Crippen LogP contribution is -2.38. The van der Waals surface area contributed by atoms with E-state index in [4.69, 9.17) is 23.7 Å². The largest absolute Gasteiger partial charge is 0.374 e. The maximum absolute atomic E-state index is 6.22. The van der Waals surface area contributed by atoms with E-state index >= 15 is 0 Å². The molecule has 1 heterocycles. The normalized spacial score (nSPS) is 26.8. The number of ether oxygens (including phenoxy) is 5. The molecule has 0 aromatic heterocycles. The predicted molar refractivity (Wildman–Crippen MR) is 87.0 cm³/mol. The second-order valence-electron chi connectivity index (χ2n) is 6.72. The molecule has 0 saturated carbocycles. The SMILES string of the molecule is COC(OC)OC1CC(C)(COCc2ccccc2)OC1(C)C. The number of hydrogen-bond donors (Lipinski definition) is 0. The number of rotatable bonds is 8. The van der Waals surface area contributed by atoms with E-state index in [2.05, 4.69) is 19.1 Å². The van der Waals surface area contributed by atoms with Crippen molar-refractivity contribution in [3.63, 3.8) is 0 Å². The highest BCUT2D eigenvalue weighted by Gasteiger charge is 2.50. The molecule has 2 rings (SSSR count). The minimum Gasteiger partial charge on any atom is -0.374 e. The quantitative estimate of drug-likeness (QED) is 0.688. The van der Waals surface area contributed by atoms with Gasteiger partial charge in [-0.1, -0.05) is 30.3 Å². The van der Waals surface area contributed by atoms with Crippen LogP contribution in [0.2, 0.25) is 0 Å². The van der Waals surface area contributed by atoms with Crippen molar-refractivity contribution in [2.75, 3.05) is 20.8 Å². The molecule has 1 fully saturated rings. The lowest BCUT2D eigenvalue weighted by molar-refractivity contribution is -0.295. The van der Waals surface area contributed by atoms with Gasteiger partial charge < -0.3 is 23.7 Å². The molecule has 0 radical (unpaired) electrons. The third-order valence-electron chi connectivity index (χ3n) is 4.08. The van der Waals surface area contributed by atoms with Crippen LogP contribution in [0.5, 0.6) is 0 Å². The van der Waals surface area contributed by atoms with E-state index < -0.39 is 17.7 Å². The molecule has 0 bridgehead atoms. The van der Waals surface area contributed by atoms with Gasteiger partial charge in [0.25, 0.3) is 6.48 Å². The van der Waals surface area contributed by atoms with E-state index in [0.29, 0.717) is 13.2 Å². The van der Waals surface area contributed by atoms with Crippen molar-refractivity contribution in [2.24, 2.45) is 0 Å². The van der Waals surface area contributed by atoms with Crippen molar-refractivity contribution in [3.05, 3.63) is 35.9 Å². The lowest BCUT2D eigenvalue weighted by atomic mass is 9.96. The van der Waals surface area contributed by atoms with Crippen LogP contribution >= 0.6 is 0 Å². The van der Waals surface area contributed by atoms with Crippen molar-refractivity contribution in [2.45, 2.75) is 57.6 Å². The minimum atomic E-state index is -0.685. The molecular weight excluding hydrogens is 296 g/mol. The van der Waals surface area contributed by atoms with Crippen LogP contribution in [0.25, 0.3) is 0 Å². The van der Waals surface area contributed by atoms with Crippen LogP contribution in [0.3, 0.4) is 0 Å². The number of hydrogen-bond acceptors (Lipinski definition) is 5. The monoisotopic (exact) mass is 324 g/mol. The highest BCUT2D eigenvalue weighted by molar-refractivity contribution is 5.13. The Morgan fingerprint density at radius 3 is 2.39 bits per heavy atom. The molecule has 0 amide bonds. The average Bonchev–Trinajstić information content (AvgIpc) is 2.74. The topological polar surface area (TPSA) is 46.2 Å². The van der Waals surface area contributed by atoms with Gasteiger partial charge in [0.15, 0.2) is 0 Å². The van der Waals surface area contributed by atoms with Gasteiger partial charge in [-0.2, -0.15) is 0 Å². The van der Waals surface area contributed by atoms with Gasteiger partial charge in [-0.05, 0) is 26.3 Å². The molecule has 0 spiro atoms. The molecule has 0 N–H and O–H groups in total. The lowest BCUT2D eigenvalue weighted by Gasteiger charge is -2.29. The summed E-state index contributed by atoms with van der Waals surface area (Å²) in [6, 6.07) is 10.1. The van der Waals surface area contributed by atoms with Crippen LogP contribution in [0, 0.1) is 0 Å². The van der Waals surface area contributed by atoms with E-state index in [1.165, 1.54) is 0 Å². The van der Waals surface area contributed by atoms with E-state index in [1.54, 1.807) is 14.2 Å². The number of benzene rings is 1. The fourth-order valence-electron chi connectivity index (χ4n) is 2.98. The highest BCUT2D eigenvalue weighted by Crippen LogP contribution is 2.40. The Morgan fingerprint density at radius 2 is 1.78 bits per heavy atom. The van der Waals surface area contributed by atoms with Gasteiger partial charge in [0.1, 0.15) is 0 Å². The van der Waals surface area contributed by atoms with Gasteiger partial charge in [0.05, 0.1) is 30.5 Å². The minimum absolute atomic E-state index is 0.127. The Balaban J connectivity index is 1.89. The zero-order valence-corrected chi connectivity index (χ0v) is 14.7. The average molecular weight is 324 g/mol. The molecule has 5 heteroatoms. The van der Waals surface area contributed by atoms with Gasteiger partial charge in [0, 0.05) is 20.6 Å². The number of methoxy groups -OCH3 is 2. The molecule has 23 heavy (non-hydrogen) atoms. The Morgan fingerprint density at radius 1 is 1.13 bits per heavy atom. The fourth-order valence-corrected chi connectivity index (χ4v) is 2.98. The maximum Gasteiger partial charge on any atom is 0.271 e. The summed E-state index contributed by atoms with van der Waals surface area (Å²) in [7, 11) is 3.11. The molecule has 1 aliphatic rings. The maximum atomic E-state index is 6.22. The summed E-state index contributed by atoms with van der Waals surface area (Å²) in [5, 5.41) is 0. The molecule has 1 aromatic carbocycles. The summed E-state index contributed by atoms with van der Waals surface area (Å²) in [4.78, 5) is 0. The molecule has 1 saturated heterocycles. The molecule has 1 aliphatic heterocycles. The zero-order valence-electron chi connectivity index (χ0n) is 14.7. The first-order chi connectivity index (χ1) is 10.9. The summed E-state index contributed by atoms with van der Waals surface area (Å²) in [6.07, 6.45) is 0.593. The summed E-state index contributed by atoms with van der Waals surface area (Å²) in [6.45, 7) is 6.48. The van der Waals surface area contributed by atoms with Crippen molar-refractivity contribution in [3.8, 4) is 0 Å². The van der Waals surface area contributed by atoms with Gasteiger partial charge in [-0.3, -0.25) is 0 Å². The molecule has 1 aromatic rings. The van der Waals surface area contributed by atoms with Crippen LogP contribution < -0.4 is 0 Å². The summed E-state index contributed by atoms with van der Waals surface area (Å²) >= 11 is 0. The fraction of sp³-hybridized carbons (Fsp3) is 0.667. The van der Waals surface area contributed by atoms with E-state index in [1.807, 2.05) is 32.0 Å². The molecule has 2 atom stereocenters. The first-order valence-corrected chi connectivity index (χ1v) is 7.91. The Kier molecular flexibility index (Phi) is 6.17. The first-order valence-electron chi connectivity index (χ1n) is 7.91. The van der Waals surface area contributed by atoms with Crippen LogP contribution in [0.4, 0.5) is 0 Å². The zero-order chi connectivity index (χ0) is 16.9. The van der Waals surface area contributed by atoms with Crippen LogP contribution in [-0.4, -0.2) is 44.6 Å². The standard InChI is InChI=1S/C18H28O5/c1-17(2)15(22-16(19-4)20-5)11-18(3,23-17)13-21-12-14-9-7-6-8-10-14/h6-10,15-16H,11-13H2,1-5H3. The molecule has 5 nitrogen and oxygen atoms in total. The van der Waals surface area contributed by atoms with Crippen LogP contribution in [0.1, 0.15) is 32.8 Å². The van der Waals surface area contributed by atoms with Gasteiger partial charge in [-0.25, -0.2) is 0 Å². The predicted octanol–water partition coefficient (Wildman–Crippen LogP) is 3.12. The van der Waals surface area contributed by atoms with Crippen LogP contribution in [-0.2, 0) is 30.3 Å². The van der Waals surface area contributed by atoms with Gasteiger partial charge in [-0.15, -0.1) is 0 Å². The Labute approximate surface area is 138 Å². The smallest absolute Gasteiger partial charge is 0.271 e. The molecule has 2 unspecified atom stereocenters.